The number of aryl methyl sites for hydroxylation is 1. The van der Waals surface area contributed by atoms with Crippen molar-refractivity contribution in [1.82, 2.24) is 20.0 Å². The maximum absolute atomic E-state index is 12.7. The van der Waals surface area contributed by atoms with Gasteiger partial charge in [0.1, 0.15) is 0 Å². The molecule has 31 heavy (non-hydrogen) atoms. The summed E-state index contributed by atoms with van der Waals surface area (Å²) < 4.78 is 1.92. The van der Waals surface area contributed by atoms with Gasteiger partial charge in [0.15, 0.2) is 0 Å². The number of nitrogens with zero attached hydrogens (tertiary/aromatic N) is 3. The lowest BCUT2D eigenvalue weighted by Gasteiger charge is -2.30. The Hall–Kier alpha value is -2.60. The highest BCUT2D eigenvalue weighted by molar-refractivity contribution is 6.31. The Labute approximate surface area is 189 Å². The quantitative estimate of drug-likeness (QED) is 0.659. The van der Waals surface area contributed by atoms with Gasteiger partial charge in [0.05, 0.1) is 12.2 Å². The average Bonchev–Trinajstić information content (AvgIpc) is 3.04. The molecule has 1 aliphatic rings. The molecule has 0 saturated carbocycles. The summed E-state index contributed by atoms with van der Waals surface area (Å²) in [5, 5.41) is 8.30. The van der Waals surface area contributed by atoms with E-state index >= 15 is 0 Å². The van der Waals surface area contributed by atoms with Crippen LogP contribution in [0.4, 0.5) is 0 Å². The van der Waals surface area contributed by atoms with E-state index in [-0.39, 0.29) is 17.7 Å². The number of nitrogens with one attached hydrogen (secondary N) is 1. The number of hydrogen-bond donors (Lipinski definition) is 1. The molecule has 0 unspecified atom stereocenters. The standard InChI is InChI=1S/C24H31ClN4O2/c1-4-13-26-24(31)19-11-14-28(15-12-19)23(30)10-9-21-17(2)27-29(18(21)3)16-20-7-5-6-8-22(20)25/h5-10,19H,4,11-16H2,1-3H3,(H,26,31)/b10-9+. The Kier molecular flexibility index (Phi) is 7.91. The fourth-order valence-corrected chi connectivity index (χ4v) is 4.10. The van der Waals surface area contributed by atoms with Crippen LogP contribution in [0.5, 0.6) is 0 Å². The van der Waals surface area contributed by atoms with Crippen LogP contribution in [-0.2, 0) is 16.1 Å². The fourth-order valence-electron chi connectivity index (χ4n) is 3.91. The van der Waals surface area contributed by atoms with Crippen molar-refractivity contribution in [2.45, 2.75) is 46.6 Å². The molecule has 6 nitrogen and oxygen atoms in total. The van der Waals surface area contributed by atoms with Crippen molar-refractivity contribution >= 4 is 29.5 Å². The van der Waals surface area contributed by atoms with Gasteiger partial charge < -0.3 is 10.2 Å². The van der Waals surface area contributed by atoms with Crippen LogP contribution in [0.15, 0.2) is 30.3 Å². The number of hydrogen-bond acceptors (Lipinski definition) is 3. The van der Waals surface area contributed by atoms with E-state index in [0.717, 1.165) is 28.9 Å². The first-order valence-corrected chi connectivity index (χ1v) is 11.3. The van der Waals surface area contributed by atoms with Crippen LogP contribution < -0.4 is 5.32 Å². The summed E-state index contributed by atoms with van der Waals surface area (Å²) in [6, 6.07) is 7.73. The van der Waals surface area contributed by atoms with Crippen molar-refractivity contribution in [2.24, 2.45) is 5.92 Å². The second-order valence-electron chi connectivity index (χ2n) is 8.06. The molecule has 0 radical (unpaired) electrons. The van der Waals surface area contributed by atoms with Crippen molar-refractivity contribution in [3.8, 4) is 0 Å². The molecule has 1 fully saturated rings. The summed E-state index contributed by atoms with van der Waals surface area (Å²) in [5.74, 6) is 0.0962. The van der Waals surface area contributed by atoms with E-state index in [2.05, 4.69) is 10.4 Å². The predicted octanol–water partition coefficient (Wildman–Crippen LogP) is 3.98. The summed E-state index contributed by atoms with van der Waals surface area (Å²) in [6.07, 6.45) is 5.82. The highest BCUT2D eigenvalue weighted by Gasteiger charge is 2.26. The van der Waals surface area contributed by atoms with E-state index in [1.807, 2.05) is 60.7 Å². The van der Waals surface area contributed by atoms with Crippen LogP contribution in [0.2, 0.25) is 5.02 Å². The molecule has 0 aliphatic carbocycles. The van der Waals surface area contributed by atoms with Gasteiger partial charge in [-0.1, -0.05) is 36.7 Å². The third-order valence-electron chi connectivity index (χ3n) is 5.83. The van der Waals surface area contributed by atoms with Gasteiger partial charge >= 0.3 is 0 Å². The maximum Gasteiger partial charge on any atom is 0.246 e. The second kappa shape index (κ2) is 10.6. The molecule has 7 heteroatoms. The Balaban J connectivity index is 1.61. The van der Waals surface area contributed by atoms with Gasteiger partial charge in [-0.2, -0.15) is 5.10 Å². The van der Waals surface area contributed by atoms with Crippen LogP contribution in [0, 0.1) is 19.8 Å². The van der Waals surface area contributed by atoms with Crippen molar-refractivity contribution in [1.29, 1.82) is 0 Å². The number of piperidine rings is 1. The van der Waals surface area contributed by atoms with Crippen LogP contribution in [0.3, 0.4) is 0 Å². The van der Waals surface area contributed by atoms with E-state index in [1.165, 1.54) is 0 Å². The molecule has 1 saturated heterocycles. The van der Waals surface area contributed by atoms with E-state index in [0.29, 0.717) is 44.0 Å². The Morgan fingerprint density at radius 2 is 1.94 bits per heavy atom. The number of rotatable bonds is 7. The average molecular weight is 443 g/mol. The molecule has 166 valence electrons. The number of benzene rings is 1. The van der Waals surface area contributed by atoms with Gasteiger partial charge in [-0.15, -0.1) is 0 Å². The zero-order valence-electron chi connectivity index (χ0n) is 18.5. The van der Waals surface area contributed by atoms with Gasteiger partial charge in [0.2, 0.25) is 11.8 Å². The molecule has 1 aromatic carbocycles. The summed E-state index contributed by atoms with van der Waals surface area (Å²) in [7, 11) is 0. The minimum Gasteiger partial charge on any atom is -0.356 e. The molecule has 1 aliphatic heterocycles. The van der Waals surface area contributed by atoms with Crippen molar-refractivity contribution in [3.05, 3.63) is 57.9 Å². The summed E-state index contributed by atoms with van der Waals surface area (Å²) in [6.45, 7) is 8.50. The predicted molar refractivity (Wildman–Crippen MR) is 124 cm³/mol. The van der Waals surface area contributed by atoms with Crippen molar-refractivity contribution < 1.29 is 9.59 Å². The fraction of sp³-hybridized carbons (Fsp3) is 0.458. The summed E-state index contributed by atoms with van der Waals surface area (Å²) >= 11 is 6.29. The van der Waals surface area contributed by atoms with Crippen LogP contribution in [-0.4, -0.2) is 46.1 Å². The second-order valence-corrected chi connectivity index (χ2v) is 8.46. The third-order valence-corrected chi connectivity index (χ3v) is 6.20. The van der Waals surface area contributed by atoms with Crippen LogP contribution in [0.25, 0.3) is 6.08 Å². The third kappa shape index (κ3) is 5.76. The van der Waals surface area contributed by atoms with E-state index in [9.17, 15) is 9.59 Å². The molecular formula is C24H31ClN4O2. The molecule has 3 rings (SSSR count). The molecule has 2 amide bonds. The topological polar surface area (TPSA) is 67.2 Å². The lowest BCUT2D eigenvalue weighted by atomic mass is 9.96. The van der Waals surface area contributed by atoms with E-state index in [4.69, 9.17) is 11.6 Å². The number of aromatic nitrogens is 2. The molecule has 1 N–H and O–H groups in total. The number of amides is 2. The number of carbonyl (C=O) groups excluding carboxylic acids is 2. The first kappa shape index (κ1) is 23.1. The summed E-state index contributed by atoms with van der Waals surface area (Å²) in [4.78, 5) is 26.6. The number of carbonyl (C=O) groups is 2. The van der Waals surface area contributed by atoms with Crippen LogP contribution >= 0.6 is 11.6 Å². The van der Waals surface area contributed by atoms with Gasteiger partial charge in [0.25, 0.3) is 0 Å². The van der Waals surface area contributed by atoms with E-state index in [1.54, 1.807) is 6.08 Å². The Morgan fingerprint density at radius 1 is 1.23 bits per heavy atom. The minimum atomic E-state index is -0.0231. The normalized spacial score (nSPS) is 14.9. The van der Waals surface area contributed by atoms with Gasteiger partial charge in [0, 0.05) is 47.9 Å². The smallest absolute Gasteiger partial charge is 0.246 e. The minimum absolute atomic E-state index is 0.00658. The van der Waals surface area contributed by atoms with E-state index < -0.39 is 0 Å². The van der Waals surface area contributed by atoms with Gasteiger partial charge in [-0.25, -0.2) is 0 Å². The molecule has 2 aromatic rings. The molecule has 0 spiro atoms. The van der Waals surface area contributed by atoms with Crippen molar-refractivity contribution in [3.63, 3.8) is 0 Å². The largest absolute Gasteiger partial charge is 0.356 e. The molecule has 1 aromatic heterocycles. The zero-order chi connectivity index (χ0) is 22.4. The zero-order valence-corrected chi connectivity index (χ0v) is 19.3. The van der Waals surface area contributed by atoms with Gasteiger partial charge in [-0.05, 0) is 50.8 Å². The number of halogens is 1. The lowest BCUT2D eigenvalue weighted by Crippen LogP contribution is -2.42. The molecule has 0 atom stereocenters. The van der Waals surface area contributed by atoms with Gasteiger partial charge in [-0.3, -0.25) is 14.3 Å². The lowest BCUT2D eigenvalue weighted by molar-refractivity contribution is -0.132. The van der Waals surface area contributed by atoms with Crippen LogP contribution in [0.1, 0.15) is 48.7 Å². The first-order chi connectivity index (χ1) is 14.9. The molecule has 0 bridgehead atoms. The molecular weight excluding hydrogens is 412 g/mol. The SMILES string of the molecule is CCCNC(=O)C1CCN(C(=O)/C=C/c2c(C)nn(Cc3ccccc3Cl)c2C)CC1. The Bertz CT molecular complexity index is 958. The summed E-state index contributed by atoms with van der Waals surface area (Å²) in [5.41, 5.74) is 3.83. The van der Waals surface area contributed by atoms with Crippen molar-refractivity contribution in [2.75, 3.05) is 19.6 Å². The first-order valence-electron chi connectivity index (χ1n) is 10.9. The highest BCUT2D eigenvalue weighted by Crippen LogP contribution is 2.21. The number of likely N-dealkylation sites (tertiary alicyclic amines) is 1. The molecule has 2 heterocycles. The highest BCUT2D eigenvalue weighted by atomic mass is 35.5. The maximum atomic E-state index is 12.7. The monoisotopic (exact) mass is 442 g/mol. The Morgan fingerprint density at radius 3 is 2.61 bits per heavy atom.